The van der Waals surface area contributed by atoms with Crippen LogP contribution in [-0.2, 0) is 28.8 Å². The van der Waals surface area contributed by atoms with Crippen molar-refractivity contribution in [2.24, 2.45) is 0 Å². The van der Waals surface area contributed by atoms with E-state index in [0.717, 1.165) is 32.3 Å². The van der Waals surface area contributed by atoms with Gasteiger partial charge in [-0.25, -0.2) is 19.0 Å². The molecule has 2 aromatic heterocycles. The molecular weight excluding hydrogens is 582 g/mol. The summed E-state index contributed by atoms with van der Waals surface area (Å²) in [5.74, 6) is -1.09. The summed E-state index contributed by atoms with van der Waals surface area (Å²) in [6, 6.07) is 8.67. The van der Waals surface area contributed by atoms with Crippen LogP contribution in [0.25, 0.3) is 11.4 Å². The predicted octanol–water partition coefficient (Wildman–Crippen LogP) is 5.13. The number of nitrogens with zero attached hydrogens (tertiary/aromatic N) is 6. The van der Waals surface area contributed by atoms with E-state index in [1.165, 1.54) is 43.3 Å². The SMILES string of the molecule is CCOC(=O)C(c1ccccc1C(F)(F)F)n1cc(Cn2nc(-c3ccc(Cl)cc3)n(CCC(F)(F)F)c2=O)nn1. The van der Waals surface area contributed by atoms with Gasteiger partial charge in [-0.15, -0.1) is 10.2 Å². The molecule has 0 spiro atoms. The molecular formula is C25H21ClF6N6O3. The summed E-state index contributed by atoms with van der Waals surface area (Å²) in [6.07, 6.45) is -9.50. The molecule has 0 saturated carbocycles. The molecule has 0 saturated heterocycles. The van der Waals surface area contributed by atoms with Crippen molar-refractivity contribution in [1.29, 1.82) is 0 Å². The molecule has 2 aromatic carbocycles. The zero-order valence-corrected chi connectivity index (χ0v) is 21.9. The first-order chi connectivity index (χ1) is 19.3. The Bertz CT molecular complexity index is 1580. The second-order valence-electron chi connectivity index (χ2n) is 8.72. The van der Waals surface area contributed by atoms with Crippen molar-refractivity contribution in [1.82, 2.24) is 29.3 Å². The minimum Gasteiger partial charge on any atom is -0.464 e. The number of halogens is 7. The fourth-order valence-corrected chi connectivity index (χ4v) is 4.18. The number of carbonyl (C=O) groups is 1. The van der Waals surface area contributed by atoms with Gasteiger partial charge in [0, 0.05) is 22.7 Å². The number of ether oxygens (including phenoxy) is 1. The van der Waals surface area contributed by atoms with Gasteiger partial charge in [0.1, 0.15) is 5.69 Å². The lowest BCUT2D eigenvalue weighted by Crippen LogP contribution is -2.27. The van der Waals surface area contributed by atoms with Crippen LogP contribution in [0.1, 0.15) is 36.2 Å². The number of alkyl halides is 6. The average molecular weight is 603 g/mol. The molecule has 0 bridgehead atoms. The van der Waals surface area contributed by atoms with Crippen LogP contribution >= 0.6 is 11.6 Å². The first kappa shape index (κ1) is 29.8. The molecule has 9 nitrogen and oxygen atoms in total. The van der Waals surface area contributed by atoms with Gasteiger partial charge in [0.15, 0.2) is 11.9 Å². The van der Waals surface area contributed by atoms with Crippen LogP contribution in [-0.4, -0.2) is 48.1 Å². The Morgan fingerprint density at radius 3 is 2.37 bits per heavy atom. The molecule has 2 heterocycles. The third kappa shape index (κ3) is 6.96. The molecule has 0 radical (unpaired) electrons. The summed E-state index contributed by atoms with van der Waals surface area (Å²) in [5.41, 5.74) is -2.09. The quantitative estimate of drug-likeness (QED) is 0.195. The number of aromatic nitrogens is 6. The molecule has 0 amide bonds. The van der Waals surface area contributed by atoms with Gasteiger partial charge in [0.05, 0.1) is 31.3 Å². The smallest absolute Gasteiger partial charge is 0.416 e. The highest BCUT2D eigenvalue weighted by Gasteiger charge is 2.38. The lowest BCUT2D eigenvalue weighted by Gasteiger charge is -2.20. The Balaban J connectivity index is 1.72. The van der Waals surface area contributed by atoms with E-state index in [0.29, 0.717) is 10.6 Å². The average Bonchev–Trinajstić information content (AvgIpc) is 3.47. The molecule has 0 N–H and O–H groups in total. The predicted molar refractivity (Wildman–Crippen MR) is 133 cm³/mol. The van der Waals surface area contributed by atoms with E-state index in [1.807, 2.05) is 0 Å². The molecule has 218 valence electrons. The monoisotopic (exact) mass is 602 g/mol. The number of carbonyl (C=O) groups excluding carboxylic acids is 1. The van der Waals surface area contributed by atoms with Crippen LogP contribution in [0.15, 0.2) is 59.5 Å². The van der Waals surface area contributed by atoms with Crippen LogP contribution in [0, 0.1) is 0 Å². The van der Waals surface area contributed by atoms with Gasteiger partial charge >= 0.3 is 24.0 Å². The Hall–Kier alpha value is -4.14. The molecule has 0 fully saturated rings. The van der Waals surface area contributed by atoms with Gasteiger partial charge < -0.3 is 4.74 Å². The van der Waals surface area contributed by atoms with Gasteiger partial charge in [-0.05, 0) is 37.3 Å². The standard InChI is InChI=1S/C25H21ClF6N6O3/c1-2-41-22(39)20(18-5-3-4-6-19(18)25(30,31)32)37-13-17(33-35-37)14-38-23(40)36(12-11-24(27,28)29)21(34-38)15-7-9-16(26)10-8-15/h3-10,13,20H,2,11-12,14H2,1H3. The van der Waals surface area contributed by atoms with Crippen molar-refractivity contribution in [2.45, 2.75) is 44.8 Å². The Labute approximate surface area is 232 Å². The highest BCUT2D eigenvalue weighted by molar-refractivity contribution is 6.30. The van der Waals surface area contributed by atoms with Crippen molar-refractivity contribution < 1.29 is 35.9 Å². The summed E-state index contributed by atoms with van der Waals surface area (Å²) in [5, 5.41) is 12.2. The molecule has 0 aliphatic rings. The van der Waals surface area contributed by atoms with E-state index in [1.54, 1.807) is 0 Å². The van der Waals surface area contributed by atoms with Gasteiger partial charge in [-0.3, -0.25) is 4.57 Å². The molecule has 1 unspecified atom stereocenters. The van der Waals surface area contributed by atoms with Crippen molar-refractivity contribution in [3.63, 3.8) is 0 Å². The van der Waals surface area contributed by atoms with E-state index in [2.05, 4.69) is 15.4 Å². The lowest BCUT2D eigenvalue weighted by atomic mass is 10.00. The Morgan fingerprint density at radius 2 is 1.73 bits per heavy atom. The molecule has 16 heteroatoms. The van der Waals surface area contributed by atoms with Crippen LogP contribution < -0.4 is 5.69 Å². The Morgan fingerprint density at radius 1 is 1.05 bits per heavy atom. The molecule has 4 aromatic rings. The fourth-order valence-electron chi connectivity index (χ4n) is 4.05. The van der Waals surface area contributed by atoms with E-state index in [9.17, 15) is 35.9 Å². The van der Waals surface area contributed by atoms with Crippen molar-refractivity contribution in [3.8, 4) is 11.4 Å². The third-order valence-electron chi connectivity index (χ3n) is 5.85. The summed E-state index contributed by atoms with van der Waals surface area (Å²) < 4.78 is 87.6. The molecule has 41 heavy (non-hydrogen) atoms. The van der Waals surface area contributed by atoms with Gasteiger partial charge in [-0.1, -0.05) is 35.0 Å². The topological polar surface area (TPSA) is 96.8 Å². The lowest BCUT2D eigenvalue weighted by molar-refractivity contribution is -0.147. The molecule has 4 rings (SSSR count). The number of hydrogen-bond donors (Lipinski definition) is 0. The van der Waals surface area contributed by atoms with Crippen LogP contribution in [0.3, 0.4) is 0 Å². The minimum absolute atomic E-state index is 0.00554. The maximum atomic E-state index is 13.7. The van der Waals surface area contributed by atoms with E-state index in [-0.39, 0.29) is 18.1 Å². The zero-order valence-electron chi connectivity index (χ0n) is 21.2. The van der Waals surface area contributed by atoms with Crippen LogP contribution in [0.4, 0.5) is 26.3 Å². The second kappa shape index (κ2) is 11.8. The highest BCUT2D eigenvalue weighted by atomic mass is 35.5. The van der Waals surface area contributed by atoms with Crippen LogP contribution in [0.5, 0.6) is 0 Å². The summed E-state index contributed by atoms with van der Waals surface area (Å²) in [6.45, 7) is 0.238. The van der Waals surface area contributed by atoms with Crippen molar-refractivity contribution >= 4 is 17.6 Å². The summed E-state index contributed by atoms with van der Waals surface area (Å²) in [4.78, 5) is 25.9. The number of benzene rings is 2. The molecule has 1 atom stereocenters. The number of hydrogen-bond acceptors (Lipinski definition) is 6. The Kier molecular flexibility index (Phi) is 8.56. The maximum Gasteiger partial charge on any atom is 0.416 e. The fraction of sp³-hybridized carbons (Fsp3) is 0.320. The molecule has 0 aliphatic heterocycles. The second-order valence-corrected chi connectivity index (χ2v) is 9.15. The summed E-state index contributed by atoms with van der Waals surface area (Å²) in [7, 11) is 0. The van der Waals surface area contributed by atoms with E-state index in [4.69, 9.17) is 16.3 Å². The normalized spacial score (nSPS) is 12.9. The van der Waals surface area contributed by atoms with Crippen LogP contribution in [0.2, 0.25) is 5.02 Å². The van der Waals surface area contributed by atoms with Gasteiger partial charge in [0.2, 0.25) is 0 Å². The minimum atomic E-state index is -4.79. The maximum absolute atomic E-state index is 13.7. The first-order valence-electron chi connectivity index (χ1n) is 12.0. The largest absolute Gasteiger partial charge is 0.464 e. The summed E-state index contributed by atoms with van der Waals surface area (Å²) >= 11 is 5.90. The zero-order chi connectivity index (χ0) is 29.9. The third-order valence-corrected chi connectivity index (χ3v) is 6.10. The van der Waals surface area contributed by atoms with Gasteiger partial charge in [0.25, 0.3) is 0 Å². The van der Waals surface area contributed by atoms with E-state index >= 15 is 0 Å². The number of rotatable bonds is 9. The van der Waals surface area contributed by atoms with Crippen molar-refractivity contribution in [3.05, 3.63) is 87.1 Å². The van der Waals surface area contributed by atoms with Gasteiger partial charge in [-0.2, -0.15) is 26.3 Å². The first-order valence-corrected chi connectivity index (χ1v) is 12.4. The van der Waals surface area contributed by atoms with E-state index < -0.39 is 60.7 Å². The molecule has 0 aliphatic carbocycles. The van der Waals surface area contributed by atoms with Crippen molar-refractivity contribution in [2.75, 3.05) is 6.61 Å². The number of esters is 1. The highest BCUT2D eigenvalue weighted by Crippen LogP contribution is 2.36.